The molecule has 6 heteroatoms. The van der Waals surface area contributed by atoms with E-state index in [4.69, 9.17) is 4.74 Å². The second kappa shape index (κ2) is 10.5. The summed E-state index contributed by atoms with van der Waals surface area (Å²) in [5, 5.41) is 9.25. The molecule has 0 saturated carbocycles. The molecule has 3 N–H and O–H groups in total. The van der Waals surface area contributed by atoms with Gasteiger partial charge in [0.15, 0.2) is 5.96 Å². The molecule has 0 heterocycles. The highest BCUT2D eigenvalue weighted by Crippen LogP contribution is 2.20. The molecule has 1 rings (SSSR count). The van der Waals surface area contributed by atoms with Crippen LogP contribution in [0.3, 0.4) is 0 Å². The quantitative estimate of drug-likeness (QED) is 0.502. The third-order valence-corrected chi connectivity index (χ3v) is 3.29. The number of amides is 1. The first-order valence-electron chi connectivity index (χ1n) is 8.42. The highest BCUT2D eigenvalue weighted by atomic mass is 16.5. The standard InChI is InChI=1S/C18H30N4O2/c1-6-24-16-11-14(4)7-8-15(16)12-21-18(19-5)20-10-9-17(23)22-13(2)3/h7-8,11,13H,6,9-10,12H2,1-5H3,(H,22,23)(H2,19,20,21). The molecular formula is C18H30N4O2. The normalized spacial score (nSPS) is 11.3. The molecule has 134 valence electrons. The lowest BCUT2D eigenvalue weighted by molar-refractivity contribution is -0.121. The minimum Gasteiger partial charge on any atom is -0.494 e. The summed E-state index contributed by atoms with van der Waals surface area (Å²) in [4.78, 5) is 15.8. The fraction of sp³-hybridized carbons (Fsp3) is 0.556. The van der Waals surface area contributed by atoms with Crippen LogP contribution in [0, 0.1) is 6.92 Å². The molecule has 0 bridgehead atoms. The predicted molar refractivity (Wildman–Crippen MR) is 98.4 cm³/mol. The SMILES string of the molecule is CCOc1cc(C)ccc1CNC(=NC)NCCC(=O)NC(C)C. The van der Waals surface area contributed by atoms with Gasteiger partial charge in [-0.2, -0.15) is 0 Å². The summed E-state index contributed by atoms with van der Waals surface area (Å²) in [6, 6.07) is 6.31. The van der Waals surface area contributed by atoms with Gasteiger partial charge in [0.1, 0.15) is 5.75 Å². The summed E-state index contributed by atoms with van der Waals surface area (Å²) >= 11 is 0. The number of hydrogen-bond donors (Lipinski definition) is 3. The molecule has 1 aromatic carbocycles. The van der Waals surface area contributed by atoms with E-state index in [0.717, 1.165) is 11.3 Å². The average molecular weight is 334 g/mol. The molecule has 0 fully saturated rings. The number of benzene rings is 1. The summed E-state index contributed by atoms with van der Waals surface area (Å²) in [7, 11) is 1.71. The van der Waals surface area contributed by atoms with Crippen molar-refractivity contribution in [2.75, 3.05) is 20.2 Å². The Morgan fingerprint density at radius 2 is 2.04 bits per heavy atom. The molecule has 1 amide bonds. The Hall–Kier alpha value is -2.24. The summed E-state index contributed by atoms with van der Waals surface area (Å²) in [6.45, 7) is 9.68. The second-order valence-corrected chi connectivity index (χ2v) is 5.87. The monoisotopic (exact) mass is 334 g/mol. The summed E-state index contributed by atoms with van der Waals surface area (Å²) in [5.41, 5.74) is 2.24. The van der Waals surface area contributed by atoms with Gasteiger partial charge in [0.2, 0.25) is 5.91 Å². The molecule has 0 radical (unpaired) electrons. The van der Waals surface area contributed by atoms with E-state index < -0.39 is 0 Å². The zero-order valence-electron chi connectivity index (χ0n) is 15.4. The maximum Gasteiger partial charge on any atom is 0.221 e. The molecule has 0 unspecified atom stereocenters. The molecular weight excluding hydrogens is 304 g/mol. The van der Waals surface area contributed by atoms with Crippen LogP contribution in [0.1, 0.15) is 38.3 Å². The number of nitrogens with zero attached hydrogens (tertiary/aromatic N) is 1. The number of aliphatic imine (C=N–C) groups is 1. The first-order chi connectivity index (χ1) is 11.5. The van der Waals surface area contributed by atoms with E-state index in [1.165, 1.54) is 5.56 Å². The van der Waals surface area contributed by atoms with Crippen molar-refractivity contribution in [3.63, 3.8) is 0 Å². The number of carbonyl (C=O) groups excluding carboxylic acids is 1. The van der Waals surface area contributed by atoms with Crippen molar-refractivity contribution in [3.8, 4) is 5.75 Å². The van der Waals surface area contributed by atoms with Crippen LogP contribution >= 0.6 is 0 Å². The summed E-state index contributed by atoms with van der Waals surface area (Å²) < 4.78 is 5.68. The van der Waals surface area contributed by atoms with Crippen LogP contribution in [0.2, 0.25) is 0 Å². The van der Waals surface area contributed by atoms with Gasteiger partial charge in [-0.15, -0.1) is 0 Å². The molecule has 0 aliphatic carbocycles. The van der Waals surface area contributed by atoms with Crippen LogP contribution in [0.15, 0.2) is 23.2 Å². The molecule has 24 heavy (non-hydrogen) atoms. The van der Waals surface area contributed by atoms with Crippen molar-refractivity contribution < 1.29 is 9.53 Å². The van der Waals surface area contributed by atoms with Crippen molar-refractivity contribution in [2.45, 2.75) is 46.7 Å². The number of hydrogen-bond acceptors (Lipinski definition) is 3. The Morgan fingerprint density at radius 1 is 1.29 bits per heavy atom. The lowest BCUT2D eigenvalue weighted by Gasteiger charge is -2.15. The van der Waals surface area contributed by atoms with Gasteiger partial charge in [0.25, 0.3) is 0 Å². The highest BCUT2D eigenvalue weighted by molar-refractivity contribution is 5.81. The Labute approximate surface area is 145 Å². The third kappa shape index (κ3) is 7.35. The molecule has 0 saturated heterocycles. The number of carbonyl (C=O) groups is 1. The Kier molecular flexibility index (Phi) is 8.68. The number of rotatable bonds is 8. The predicted octanol–water partition coefficient (Wildman–Crippen LogP) is 1.97. The van der Waals surface area contributed by atoms with E-state index in [-0.39, 0.29) is 11.9 Å². The summed E-state index contributed by atoms with van der Waals surface area (Å²) in [6.07, 6.45) is 0.410. The van der Waals surface area contributed by atoms with Gasteiger partial charge >= 0.3 is 0 Å². The van der Waals surface area contributed by atoms with Crippen LogP contribution in [0.25, 0.3) is 0 Å². The lowest BCUT2D eigenvalue weighted by Crippen LogP contribution is -2.39. The fourth-order valence-electron chi connectivity index (χ4n) is 2.19. The van der Waals surface area contributed by atoms with Gasteiger partial charge in [-0.1, -0.05) is 12.1 Å². The number of guanidine groups is 1. The van der Waals surface area contributed by atoms with Gasteiger partial charge in [-0.3, -0.25) is 9.79 Å². The van der Waals surface area contributed by atoms with Crippen molar-refractivity contribution in [1.29, 1.82) is 0 Å². The maximum atomic E-state index is 11.6. The average Bonchev–Trinajstić information content (AvgIpc) is 2.51. The third-order valence-electron chi connectivity index (χ3n) is 3.29. The highest BCUT2D eigenvalue weighted by Gasteiger charge is 2.07. The topological polar surface area (TPSA) is 74.8 Å². The second-order valence-electron chi connectivity index (χ2n) is 5.87. The molecule has 0 aliphatic heterocycles. The number of aryl methyl sites for hydroxylation is 1. The van der Waals surface area contributed by atoms with E-state index in [9.17, 15) is 4.79 Å². The maximum absolute atomic E-state index is 11.6. The number of nitrogens with one attached hydrogen (secondary N) is 3. The Balaban J connectivity index is 2.48. The van der Waals surface area contributed by atoms with Gasteiger partial charge in [0, 0.05) is 38.2 Å². The lowest BCUT2D eigenvalue weighted by atomic mass is 10.1. The van der Waals surface area contributed by atoms with Crippen LogP contribution in [0.4, 0.5) is 0 Å². The van der Waals surface area contributed by atoms with E-state index in [0.29, 0.717) is 32.1 Å². The fourth-order valence-corrected chi connectivity index (χ4v) is 2.19. The van der Waals surface area contributed by atoms with E-state index in [2.05, 4.69) is 33.1 Å². The zero-order valence-corrected chi connectivity index (χ0v) is 15.4. The molecule has 0 aliphatic rings. The van der Waals surface area contributed by atoms with Gasteiger partial charge in [0.05, 0.1) is 6.61 Å². The van der Waals surface area contributed by atoms with E-state index >= 15 is 0 Å². The van der Waals surface area contributed by atoms with Crippen molar-refractivity contribution in [1.82, 2.24) is 16.0 Å². The first kappa shape index (κ1) is 19.8. The van der Waals surface area contributed by atoms with Gasteiger partial charge in [-0.05, 0) is 39.3 Å². The summed E-state index contributed by atoms with van der Waals surface area (Å²) in [5.74, 6) is 1.58. The van der Waals surface area contributed by atoms with Crippen LogP contribution in [-0.2, 0) is 11.3 Å². The van der Waals surface area contributed by atoms with Crippen LogP contribution in [-0.4, -0.2) is 38.1 Å². The molecule has 0 atom stereocenters. The van der Waals surface area contributed by atoms with Gasteiger partial charge in [-0.25, -0.2) is 0 Å². The van der Waals surface area contributed by atoms with Crippen molar-refractivity contribution >= 4 is 11.9 Å². The zero-order chi connectivity index (χ0) is 17.9. The largest absolute Gasteiger partial charge is 0.494 e. The Bertz CT molecular complexity index is 556. The Morgan fingerprint density at radius 3 is 2.67 bits per heavy atom. The molecule has 1 aromatic rings. The first-order valence-corrected chi connectivity index (χ1v) is 8.42. The smallest absolute Gasteiger partial charge is 0.221 e. The molecule has 0 spiro atoms. The van der Waals surface area contributed by atoms with E-state index in [1.807, 2.05) is 33.8 Å². The molecule has 6 nitrogen and oxygen atoms in total. The van der Waals surface area contributed by atoms with Crippen molar-refractivity contribution in [3.05, 3.63) is 29.3 Å². The van der Waals surface area contributed by atoms with Crippen molar-refractivity contribution in [2.24, 2.45) is 4.99 Å². The molecule has 0 aromatic heterocycles. The van der Waals surface area contributed by atoms with E-state index in [1.54, 1.807) is 7.05 Å². The van der Waals surface area contributed by atoms with Gasteiger partial charge < -0.3 is 20.7 Å². The number of ether oxygens (including phenoxy) is 1. The minimum atomic E-state index is 0.0325. The van der Waals surface area contributed by atoms with Crippen LogP contribution < -0.4 is 20.7 Å². The van der Waals surface area contributed by atoms with Crippen LogP contribution in [0.5, 0.6) is 5.75 Å². The minimum absolute atomic E-state index is 0.0325.